The smallest absolute Gasteiger partial charge is 0.194 e. The number of nitrogens with one attached hydrogen (secondary N) is 1. The van der Waals surface area contributed by atoms with Crippen LogP contribution in [0, 0.1) is 0 Å². The molecule has 1 aliphatic carbocycles. The molecule has 5 nitrogen and oxygen atoms in total. The lowest BCUT2D eigenvalue weighted by Gasteiger charge is -2.46. The summed E-state index contributed by atoms with van der Waals surface area (Å²) in [5.74, 6) is 1.16. The first-order valence-corrected chi connectivity index (χ1v) is 6.28. The Hall–Kier alpha value is -0.890. The Bertz CT molecular complexity index is 414. The van der Waals surface area contributed by atoms with Gasteiger partial charge in [-0.25, -0.2) is 4.98 Å². The van der Waals surface area contributed by atoms with Crippen LogP contribution in [0.25, 0.3) is 0 Å². The monoisotopic (exact) mass is 375 g/mol. The van der Waals surface area contributed by atoms with Crippen molar-refractivity contribution in [1.82, 2.24) is 9.88 Å². The van der Waals surface area contributed by atoms with Crippen LogP contribution < -0.4 is 11.1 Å². The minimum atomic E-state index is 0. The number of guanidine groups is 1. The van der Waals surface area contributed by atoms with Crippen molar-refractivity contribution in [3.05, 3.63) is 24.4 Å². The topological polar surface area (TPSA) is 66.5 Å². The fourth-order valence-corrected chi connectivity index (χ4v) is 2.17. The van der Waals surface area contributed by atoms with Gasteiger partial charge in [-0.15, -0.1) is 24.0 Å². The zero-order chi connectivity index (χ0) is 13.0. The van der Waals surface area contributed by atoms with Crippen LogP contribution in [0.4, 0.5) is 5.82 Å². The number of rotatable bonds is 4. The Balaban J connectivity index is 0.00000180. The number of aliphatic imine (C=N–C) groups is 1. The quantitative estimate of drug-likeness (QED) is 0.479. The van der Waals surface area contributed by atoms with Crippen LogP contribution in [0.2, 0.25) is 0 Å². The summed E-state index contributed by atoms with van der Waals surface area (Å²) in [7, 11) is 4.22. The summed E-state index contributed by atoms with van der Waals surface area (Å²) in [6.45, 7) is 0.742. The van der Waals surface area contributed by atoms with E-state index in [9.17, 15) is 0 Å². The van der Waals surface area contributed by atoms with Gasteiger partial charge in [-0.3, -0.25) is 4.99 Å². The lowest BCUT2D eigenvalue weighted by molar-refractivity contribution is 0.0700. The molecule has 1 heterocycles. The molecular formula is C13H22IN5. The van der Waals surface area contributed by atoms with E-state index in [0.29, 0.717) is 5.96 Å². The molecule has 0 radical (unpaired) electrons. The fourth-order valence-electron chi connectivity index (χ4n) is 2.17. The highest BCUT2D eigenvalue weighted by Gasteiger charge is 2.38. The zero-order valence-electron chi connectivity index (χ0n) is 11.5. The molecule has 3 N–H and O–H groups in total. The number of nitrogens with zero attached hydrogens (tertiary/aromatic N) is 3. The van der Waals surface area contributed by atoms with E-state index in [1.165, 1.54) is 19.3 Å². The van der Waals surface area contributed by atoms with Gasteiger partial charge in [0.25, 0.3) is 0 Å². The Kier molecular flexibility index (Phi) is 5.99. The van der Waals surface area contributed by atoms with Crippen molar-refractivity contribution in [2.75, 3.05) is 26.0 Å². The largest absolute Gasteiger partial charge is 0.370 e. The fraction of sp³-hybridized carbons (Fsp3) is 0.538. The highest BCUT2D eigenvalue weighted by molar-refractivity contribution is 14.0. The maximum atomic E-state index is 5.87. The molecule has 1 aliphatic rings. The van der Waals surface area contributed by atoms with Gasteiger partial charge >= 0.3 is 0 Å². The third-order valence-electron chi connectivity index (χ3n) is 3.70. The van der Waals surface area contributed by atoms with Crippen molar-refractivity contribution in [1.29, 1.82) is 0 Å². The maximum absolute atomic E-state index is 5.87. The van der Waals surface area contributed by atoms with Gasteiger partial charge in [-0.1, -0.05) is 6.07 Å². The lowest BCUT2D eigenvalue weighted by atomic mass is 9.76. The molecule has 0 amide bonds. The second-order valence-electron chi connectivity index (χ2n) is 5.01. The predicted molar refractivity (Wildman–Crippen MR) is 90.0 cm³/mol. The molecule has 0 aromatic carbocycles. The van der Waals surface area contributed by atoms with Crippen LogP contribution in [-0.4, -0.2) is 42.0 Å². The molecule has 0 spiro atoms. The molecule has 19 heavy (non-hydrogen) atoms. The molecule has 6 heteroatoms. The molecule has 1 saturated carbocycles. The van der Waals surface area contributed by atoms with Gasteiger partial charge in [-0.2, -0.15) is 0 Å². The van der Waals surface area contributed by atoms with Gasteiger partial charge in [-0.05, 0) is 45.5 Å². The Morgan fingerprint density at radius 3 is 2.68 bits per heavy atom. The van der Waals surface area contributed by atoms with Crippen molar-refractivity contribution in [3.63, 3.8) is 0 Å². The number of halogens is 1. The first kappa shape index (κ1) is 16.2. The highest BCUT2D eigenvalue weighted by Crippen LogP contribution is 2.36. The molecule has 1 aromatic rings. The first-order valence-electron chi connectivity index (χ1n) is 6.28. The molecule has 0 saturated heterocycles. The van der Waals surface area contributed by atoms with Crippen molar-refractivity contribution < 1.29 is 0 Å². The first-order chi connectivity index (χ1) is 8.62. The summed E-state index contributed by atoms with van der Waals surface area (Å²) in [6.07, 6.45) is 5.39. The predicted octanol–water partition coefficient (Wildman–Crippen LogP) is 1.91. The van der Waals surface area contributed by atoms with Gasteiger partial charge in [0.1, 0.15) is 5.82 Å². The molecule has 0 atom stereocenters. The third kappa shape index (κ3) is 4.04. The normalized spacial score (nSPS) is 17.5. The van der Waals surface area contributed by atoms with E-state index in [1.807, 2.05) is 18.2 Å². The summed E-state index contributed by atoms with van der Waals surface area (Å²) in [5, 5.41) is 3.00. The highest BCUT2D eigenvalue weighted by atomic mass is 127. The van der Waals surface area contributed by atoms with E-state index in [-0.39, 0.29) is 29.5 Å². The lowest BCUT2D eigenvalue weighted by Crippen LogP contribution is -2.52. The summed E-state index contributed by atoms with van der Waals surface area (Å²) < 4.78 is 0. The van der Waals surface area contributed by atoms with Crippen molar-refractivity contribution in [3.8, 4) is 0 Å². The number of pyridine rings is 1. The standard InChI is InChI=1S/C13H21N5.HI/c1-18(2)13(7-5-8-13)10-16-12(14)17-11-6-3-4-9-15-11;/h3-4,6,9H,5,7-8,10H2,1-2H3,(H3,14,15,16,17);1H. The van der Waals surface area contributed by atoms with Crippen LogP contribution in [0.1, 0.15) is 19.3 Å². The second-order valence-corrected chi connectivity index (χ2v) is 5.01. The Morgan fingerprint density at radius 1 is 1.47 bits per heavy atom. The molecule has 0 aliphatic heterocycles. The minimum absolute atomic E-state index is 0. The summed E-state index contributed by atoms with van der Waals surface area (Å²) >= 11 is 0. The maximum Gasteiger partial charge on any atom is 0.194 e. The Morgan fingerprint density at radius 2 is 2.21 bits per heavy atom. The number of aromatic nitrogens is 1. The van der Waals surface area contributed by atoms with Crippen molar-refractivity contribution >= 4 is 35.8 Å². The second kappa shape index (κ2) is 7.04. The van der Waals surface area contributed by atoms with Gasteiger partial charge < -0.3 is 16.0 Å². The van der Waals surface area contributed by atoms with E-state index in [0.717, 1.165) is 12.4 Å². The van der Waals surface area contributed by atoms with E-state index in [2.05, 4.69) is 34.3 Å². The third-order valence-corrected chi connectivity index (χ3v) is 3.70. The molecular weight excluding hydrogens is 353 g/mol. The summed E-state index contributed by atoms with van der Waals surface area (Å²) in [5.41, 5.74) is 6.08. The average Bonchev–Trinajstić information content (AvgIpc) is 2.28. The number of hydrogen-bond donors (Lipinski definition) is 2. The van der Waals surface area contributed by atoms with Gasteiger partial charge in [0.15, 0.2) is 5.96 Å². The SMILES string of the molecule is CN(C)C1(CN=C(N)Nc2ccccn2)CCC1.I. The van der Waals surface area contributed by atoms with Crippen LogP contribution in [0.5, 0.6) is 0 Å². The number of anilines is 1. The van der Waals surface area contributed by atoms with E-state index >= 15 is 0 Å². The van der Waals surface area contributed by atoms with Crippen LogP contribution in [-0.2, 0) is 0 Å². The van der Waals surface area contributed by atoms with Crippen LogP contribution >= 0.6 is 24.0 Å². The summed E-state index contributed by atoms with van der Waals surface area (Å²) in [4.78, 5) is 10.8. The van der Waals surface area contributed by atoms with Crippen molar-refractivity contribution in [2.45, 2.75) is 24.8 Å². The van der Waals surface area contributed by atoms with E-state index in [4.69, 9.17) is 5.73 Å². The molecule has 1 aromatic heterocycles. The number of nitrogens with two attached hydrogens (primary N) is 1. The van der Waals surface area contributed by atoms with E-state index < -0.39 is 0 Å². The van der Waals surface area contributed by atoms with Gasteiger partial charge in [0.2, 0.25) is 0 Å². The van der Waals surface area contributed by atoms with Crippen LogP contribution in [0.3, 0.4) is 0 Å². The number of hydrogen-bond acceptors (Lipinski definition) is 3. The molecule has 0 unspecified atom stereocenters. The minimum Gasteiger partial charge on any atom is -0.370 e. The van der Waals surface area contributed by atoms with Gasteiger partial charge in [0.05, 0.1) is 6.54 Å². The summed E-state index contributed by atoms with van der Waals surface area (Å²) in [6, 6.07) is 5.65. The Labute approximate surface area is 131 Å². The zero-order valence-corrected chi connectivity index (χ0v) is 13.8. The van der Waals surface area contributed by atoms with Gasteiger partial charge in [0, 0.05) is 11.7 Å². The molecule has 106 valence electrons. The molecule has 2 rings (SSSR count). The number of likely N-dealkylation sites (N-methyl/N-ethyl adjacent to an activating group) is 1. The molecule has 0 bridgehead atoms. The average molecular weight is 375 g/mol. The van der Waals surface area contributed by atoms with Crippen molar-refractivity contribution in [2.24, 2.45) is 10.7 Å². The molecule has 1 fully saturated rings. The van der Waals surface area contributed by atoms with Crippen LogP contribution in [0.15, 0.2) is 29.4 Å². The van der Waals surface area contributed by atoms with E-state index in [1.54, 1.807) is 6.20 Å².